The molecule has 2 aliphatic heterocycles. The molecule has 29 nitrogen and oxygen atoms in total. The summed E-state index contributed by atoms with van der Waals surface area (Å²) in [6.45, 7) is 1.29. The molecule has 0 bridgehead atoms. The summed E-state index contributed by atoms with van der Waals surface area (Å²) >= 11 is 0. The van der Waals surface area contributed by atoms with Gasteiger partial charge in [-0.05, 0) is 31.5 Å². The fourth-order valence-electron chi connectivity index (χ4n) is 8.16. The summed E-state index contributed by atoms with van der Waals surface area (Å²) in [5.41, 5.74) is 8.93. The van der Waals surface area contributed by atoms with Gasteiger partial charge >= 0.3 is 23.5 Å². The number of pyridine rings is 1. The van der Waals surface area contributed by atoms with E-state index in [2.05, 4.69) is 41.4 Å². The van der Waals surface area contributed by atoms with Crippen molar-refractivity contribution in [3.63, 3.8) is 0 Å². The lowest BCUT2D eigenvalue weighted by Crippen LogP contribution is -2.46. The molecule has 0 radical (unpaired) electrons. The van der Waals surface area contributed by atoms with E-state index < -0.39 is 91.7 Å². The molecule has 6 aromatic rings. The van der Waals surface area contributed by atoms with Crippen LogP contribution in [0.3, 0.4) is 0 Å². The molecule has 6 heterocycles. The molecule has 2 aliphatic rings. The van der Waals surface area contributed by atoms with Crippen LogP contribution in [-0.4, -0.2) is 141 Å². The summed E-state index contributed by atoms with van der Waals surface area (Å²) in [6.07, 6.45) is -8.06. The molecule has 10 atom stereocenters. The van der Waals surface area contributed by atoms with E-state index in [1.165, 1.54) is 29.1 Å². The van der Waals surface area contributed by atoms with Crippen molar-refractivity contribution in [3.8, 4) is 5.75 Å². The molecule has 2 fully saturated rings. The molecule has 0 aliphatic carbocycles. The second kappa shape index (κ2) is 22.5. The number of nitrogens with one attached hydrogen (secondary N) is 2. The minimum atomic E-state index is -5.61. The van der Waals surface area contributed by atoms with Crippen LogP contribution in [0.25, 0.3) is 33.2 Å². The Morgan fingerprint density at radius 1 is 0.849 bits per heavy atom. The van der Waals surface area contributed by atoms with Gasteiger partial charge in [0.2, 0.25) is 16.9 Å². The summed E-state index contributed by atoms with van der Waals surface area (Å²) in [5.74, 6) is -0.257. The number of aliphatic hydroxyl groups excluding tert-OH is 3. The van der Waals surface area contributed by atoms with E-state index in [4.69, 9.17) is 38.5 Å². The van der Waals surface area contributed by atoms with Gasteiger partial charge in [0.1, 0.15) is 54.5 Å². The number of primary amides is 1. The van der Waals surface area contributed by atoms with Crippen LogP contribution in [0, 0.1) is 0 Å². The molecule has 0 spiro atoms. The first-order valence-electron chi connectivity index (χ1n) is 22.3. The third-order valence-corrected chi connectivity index (χ3v) is 14.6. The number of carbonyl (C=O) groups is 2. The Morgan fingerprint density at radius 3 is 2.30 bits per heavy atom. The van der Waals surface area contributed by atoms with Crippen LogP contribution in [0.1, 0.15) is 42.6 Å². The first kappa shape index (κ1) is 53.7. The highest BCUT2D eigenvalue weighted by atomic mass is 31.3. The van der Waals surface area contributed by atoms with Crippen LogP contribution >= 0.6 is 23.5 Å². The summed E-state index contributed by atoms with van der Waals surface area (Å²) in [4.78, 5) is 81.9. The number of rotatable bonds is 23. The van der Waals surface area contributed by atoms with Crippen molar-refractivity contribution in [2.75, 3.05) is 38.2 Å². The minimum Gasteiger partial charge on any atom is -0.491 e. The van der Waals surface area contributed by atoms with Gasteiger partial charge < -0.3 is 65.5 Å². The number of carbonyl (C=O) groups excluding carboxylic acids is 2. The zero-order valence-corrected chi connectivity index (χ0v) is 41.0. The number of hydrogen-bond donors (Lipinski definition) is 10. The van der Waals surface area contributed by atoms with Crippen LogP contribution in [-0.2, 0) is 52.4 Å². The van der Waals surface area contributed by atoms with Crippen molar-refractivity contribution in [1.29, 1.82) is 0 Å². The van der Waals surface area contributed by atoms with E-state index in [0.29, 0.717) is 12.2 Å². The topological polar surface area (TPSA) is 406 Å². The molecule has 2 aromatic carbocycles. The first-order chi connectivity index (χ1) is 34.7. The van der Waals surface area contributed by atoms with Crippen molar-refractivity contribution in [1.82, 2.24) is 29.8 Å². The first-order valence-corrected chi connectivity index (χ1v) is 26.8. The van der Waals surface area contributed by atoms with Gasteiger partial charge in [-0.3, -0.25) is 27.7 Å². The molecule has 4 aromatic heterocycles. The monoisotopic (exact) mass is 1080 g/mol. The molecule has 73 heavy (non-hydrogen) atoms. The Kier molecular flexibility index (Phi) is 16.6. The molecule has 0 saturated carbocycles. The summed E-state index contributed by atoms with van der Waals surface area (Å²) in [7, 11) is -16.5. The minimum absolute atomic E-state index is 0.00112. The third kappa shape index (κ3) is 12.7. The molecule has 32 heteroatoms. The number of benzene rings is 2. The Balaban J connectivity index is 0.824. The number of aryl methyl sites for hydroxylation is 1. The van der Waals surface area contributed by atoms with Gasteiger partial charge in [0, 0.05) is 37.7 Å². The average Bonchev–Trinajstić information content (AvgIpc) is 4.00. The van der Waals surface area contributed by atoms with Gasteiger partial charge in [0.15, 0.2) is 53.0 Å². The number of para-hydroxylation sites is 3. The second-order valence-corrected chi connectivity index (χ2v) is 20.7. The maximum Gasteiger partial charge on any atom is 0.481 e. The molecular formula is C41H51N10O19P3+2. The van der Waals surface area contributed by atoms with E-state index in [-0.39, 0.29) is 54.6 Å². The van der Waals surface area contributed by atoms with Gasteiger partial charge in [-0.15, -0.1) is 0 Å². The number of imidazole rings is 1. The SMILES string of the molecule is CC[n+]1c2ccccc2nc2c(OCCCC(=O)NCCNc3ncnc4c3ncn4C3OC(COP(=O)(O)OP(=O)(O)OCC4OC([n+]5cccc(C(N)=O)c5)C(O)C4O)C(O)C3OP(=O)(O)O)cccc21. The highest BCUT2D eigenvalue weighted by Gasteiger charge is 2.52. The van der Waals surface area contributed by atoms with E-state index in [1.807, 2.05) is 42.5 Å². The Bertz CT molecular complexity index is 3130. The molecule has 2 amide bonds. The van der Waals surface area contributed by atoms with E-state index >= 15 is 0 Å². The van der Waals surface area contributed by atoms with Gasteiger partial charge in [-0.1, -0.05) is 18.2 Å². The Morgan fingerprint density at radius 2 is 1.58 bits per heavy atom. The number of nitrogens with zero attached hydrogens (tertiary/aromatic N) is 7. The van der Waals surface area contributed by atoms with Crippen molar-refractivity contribution in [3.05, 3.63) is 85.2 Å². The average molecular weight is 1080 g/mol. The van der Waals surface area contributed by atoms with Crippen LogP contribution in [0.5, 0.6) is 5.75 Å². The Hall–Kier alpha value is -5.55. The maximum absolute atomic E-state index is 12.9. The third-order valence-electron chi connectivity index (χ3n) is 11.5. The highest BCUT2D eigenvalue weighted by molar-refractivity contribution is 7.61. The van der Waals surface area contributed by atoms with Crippen molar-refractivity contribution in [2.45, 2.75) is 75.4 Å². The number of phosphoric acid groups is 3. The number of nitrogens with two attached hydrogens (primary N) is 1. The lowest BCUT2D eigenvalue weighted by Gasteiger charge is -2.22. The van der Waals surface area contributed by atoms with Crippen molar-refractivity contribution in [2.24, 2.45) is 5.73 Å². The van der Waals surface area contributed by atoms with Gasteiger partial charge in [-0.25, -0.2) is 33.6 Å². The Labute approximate surface area is 412 Å². The lowest BCUT2D eigenvalue weighted by atomic mass is 10.1. The normalized spacial score (nSPS) is 23.9. The number of hydrogen-bond acceptors (Lipinski definition) is 20. The molecular weight excluding hydrogens is 1030 g/mol. The highest BCUT2D eigenvalue weighted by Crippen LogP contribution is 2.61. The van der Waals surface area contributed by atoms with Crippen LogP contribution < -0.4 is 30.2 Å². The van der Waals surface area contributed by atoms with Gasteiger partial charge in [-0.2, -0.15) is 13.4 Å². The molecule has 2 saturated heterocycles. The zero-order valence-electron chi connectivity index (χ0n) is 38.4. The van der Waals surface area contributed by atoms with Crippen molar-refractivity contribution >= 4 is 74.3 Å². The van der Waals surface area contributed by atoms with E-state index in [0.717, 1.165) is 45.8 Å². The number of anilines is 1. The van der Waals surface area contributed by atoms with Crippen LogP contribution in [0.15, 0.2) is 79.6 Å². The molecule has 11 N–H and O–H groups in total. The van der Waals surface area contributed by atoms with Crippen molar-refractivity contribution < 1.29 is 99.4 Å². The number of phosphoric ester groups is 3. The fraction of sp³-hybridized carbons (Fsp3) is 0.415. The number of amides is 2. The largest absolute Gasteiger partial charge is 0.491 e. The molecule has 8 rings (SSSR count). The predicted molar refractivity (Wildman–Crippen MR) is 247 cm³/mol. The predicted octanol–water partition coefficient (Wildman–Crippen LogP) is -0.0850. The molecule has 392 valence electrons. The van der Waals surface area contributed by atoms with Gasteiger partial charge in [0.05, 0.1) is 26.1 Å². The van der Waals surface area contributed by atoms with Gasteiger partial charge in [0.25, 0.3) is 12.1 Å². The number of fused-ring (bicyclic) bond motifs is 3. The lowest BCUT2D eigenvalue weighted by molar-refractivity contribution is -0.765. The number of aromatic nitrogens is 7. The van der Waals surface area contributed by atoms with Crippen LogP contribution in [0.2, 0.25) is 0 Å². The summed E-state index contributed by atoms with van der Waals surface area (Å²) < 4.78 is 78.3. The number of ether oxygens (including phenoxy) is 3. The summed E-state index contributed by atoms with van der Waals surface area (Å²) in [6, 6.07) is 16.4. The molecule has 10 unspecified atom stereocenters. The standard InChI is InChI=1S/C41H49N10O19P3/c1-2-50-25-10-4-3-9-24(25)48-31-26(50)11-5-12-27(31)64-17-7-13-30(52)43-14-15-44-38-32-39(46-21-45-38)51(22-47-32)41-36(69-71(57,58)59)34(54)29(68-41)20-66-73(62,63)70-72(60,61)65-19-28-33(53)35(55)40(67-28)49-16-6-8-23(18-49)37(42)56/h3-6,8-12,16,18,21-22,28-29,33-36,40-41,53-55H,2,7,13-15,17,19-20H2,1H3,(H6-2,42,43,44,45,46,52,56,57,58,59,60,61,62,63)/p+2. The maximum atomic E-state index is 12.9. The van der Waals surface area contributed by atoms with E-state index in [1.54, 1.807) is 0 Å². The van der Waals surface area contributed by atoms with Crippen LogP contribution in [0.4, 0.5) is 5.82 Å². The van der Waals surface area contributed by atoms with E-state index in [9.17, 15) is 58.2 Å². The quantitative estimate of drug-likeness (QED) is 0.0173. The zero-order chi connectivity index (χ0) is 52.2. The fourth-order valence-corrected chi connectivity index (χ4v) is 10.8. The second-order valence-electron chi connectivity index (χ2n) is 16.4. The summed E-state index contributed by atoms with van der Waals surface area (Å²) in [5, 5.41) is 38.0. The smallest absolute Gasteiger partial charge is 0.481 e. The number of aliphatic hydroxyl groups is 3.